The molecule has 0 N–H and O–H groups in total. The summed E-state index contributed by atoms with van der Waals surface area (Å²) >= 11 is 0. The monoisotopic (exact) mass is 2020 g/mol. The van der Waals surface area contributed by atoms with Crippen molar-refractivity contribution in [2.24, 2.45) is 0 Å². The van der Waals surface area contributed by atoms with E-state index in [1.54, 1.807) is 0 Å². The van der Waals surface area contributed by atoms with Crippen LogP contribution in [0.5, 0.6) is 0 Å². The molecule has 31 nitrogen and oxygen atoms in total. The summed E-state index contributed by atoms with van der Waals surface area (Å²) < 4.78 is 192. The lowest BCUT2D eigenvalue weighted by Crippen LogP contribution is -2.65. The van der Waals surface area contributed by atoms with Crippen molar-refractivity contribution in [3.05, 3.63) is 0 Å². The molecule has 0 aliphatic carbocycles. The molecular formula is C62H192O31Si21. The Morgan fingerprint density at radius 3 is 0.368 bits per heavy atom. The second kappa shape index (κ2) is 63.0. The van der Waals surface area contributed by atoms with E-state index in [4.69, 9.17) is 124 Å². The van der Waals surface area contributed by atoms with Gasteiger partial charge in [0.25, 0.3) is 17.4 Å². The van der Waals surface area contributed by atoms with E-state index in [2.05, 4.69) is 137 Å². The second-order valence-electron chi connectivity index (χ2n) is 32.3. The largest absolute Gasteiger partial charge is 0.669 e. The lowest BCUT2D eigenvalue weighted by molar-refractivity contribution is 0.0375. The normalized spacial score (nSPS) is 13.1. The van der Waals surface area contributed by atoms with E-state index < -0.39 is 181 Å². The molecule has 0 amide bonds. The minimum atomic E-state index is -3.32. The van der Waals surface area contributed by atoms with E-state index in [-0.39, 0.29) is 74.3 Å². The molecule has 0 rings (SSSR count). The summed E-state index contributed by atoms with van der Waals surface area (Å²) in [5.41, 5.74) is 0.647. The number of hydrogen-bond donors (Lipinski definition) is 0. The maximum absolute atomic E-state index is 12.7. The zero-order valence-electron chi connectivity index (χ0n) is 74.0. The fourth-order valence-corrected chi connectivity index (χ4v) is 85.0. The van der Waals surface area contributed by atoms with Gasteiger partial charge in [0, 0.05) is 107 Å². The fourth-order valence-electron chi connectivity index (χ4n) is 9.39. The summed E-state index contributed by atoms with van der Waals surface area (Å²) in [4.78, 5) is 0. The molecule has 0 fully saturated rings. The minimum absolute atomic E-state index is 0. The van der Waals surface area contributed by atoms with Gasteiger partial charge in [0.15, 0.2) is 58.2 Å². The smallest absolute Gasteiger partial charge is 0.437 e. The van der Waals surface area contributed by atoms with Gasteiger partial charge in [-0.05, 0) is 215 Å². The molecule has 114 heavy (non-hydrogen) atoms. The molecule has 0 heterocycles. The third-order valence-electron chi connectivity index (χ3n) is 11.5. The molecule has 0 aromatic rings. The van der Waals surface area contributed by atoms with E-state index in [1.807, 2.05) is 79.3 Å². The quantitative estimate of drug-likeness (QED) is 0.0511. The zero-order valence-corrected chi connectivity index (χ0v) is 95.0. The molecule has 0 saturated heterocycles. The molecule has 710 valence electrons. The summed E-state index contributed by atoms with van der Waals surface area (Å²) in [6.07, 6.45) is 0. The molecule has 0 saturated carbocycles. The van der Waals surface area contributed by atoms with E-state index in [1.165, 1.54) is 107 Å². The van der Waals surface area contributed by atoms with Crippen molar-refractivity contribution in [2.75, 3.05) is 107 Å². The van der Waals surface area contributed by atoms with E-state index >= 15 is 0 Å². The highest BCUT2D eigenvalue weighted by Crippen LogP contribution is 2.34. The van der Waals surface area contributed by atoms with Gasteiger partial charge in [-0.15, -0.1) is 0 Å². The first-order valence-corrected chi connectivity index (χ1v) is 88.0. The van der Waals surface area contributed by atoms with Crippen molar-refractivity contribution in [1.29, 1.82) is 0 Å². The Morgan fingerprint density at radius 1 is 0.175 bits per heavy atom. The molecular weight excluding hydrogens is 1830 g/mol. The average Bonchev–Trinajstić information content (AvgIpc) is 0.788. The van der Waals surface area contributed by atoms with E-state index in [0.717, 1.165) is 0 Å². The molecule has 0 aliphatic heterocycles. The van der Waals surface area contributed by atoms with Gasteiger partial charge < -0.3 is 133 Å². The lowest BCUT2D eigenvalue weighted by Gasteiger charge is -2.43. The third kappa shape index (κ3) is 70.1. The van der Waals surface area contributed by atoms with Gasteiger partial charge in [-0.3, -0.25) is 0 Å². The first-order chi connectivity index (χ1) is 46.2. The highest BCUT2D eigenvalue weighted by Gasteiger charge is 2.60. The van der Waals surface area contributed by atoms with Crippen LogP contribution in [0.25, 0.3) is 0 Å². The molecule has 52 heteroatoms. The molecule has 0 atom stereocenters. The Hall–Kier alpha value is 2.99. The van der Waals surface area contributed by atoms with Crippen molar-refractivity contribution in [1.82, 2.24) is 0 Å². The minimum Gasteiger partial charge on any atom is -0.437 e. The highest BCUT2D eigenvalue weighted by atomic mass is 28.5. The second-order valence-corrected chi connectivity index (χ2v) is 108. The molecule has 0 aromatic heterocycles. The van der Waals surface area contributed by atoms with Gasteiger partial charge in [-0.2, -0.15) is 0 Å². The van der Waals surface area contributed by atoms with Crippen molar-refractivity contribution in [3.8, 4) is 0 Å². The van der Waals surface area contributed by atoms with Crippen molar-refractivity contribution >= 4 is 181 Å². The maximum atomic E-state index is 12.7. The molecule has 0 unspecified atom stereocenters. The highest BCUT2D eigenvalue weighted by molar-refractivity contribution is 6.95. The van der Waals surface area contributed by atoms with Crippen LogP contribution in [0.2, 0.25) is 226 Å². The van der Waals surface area contributed by atoms with Crippen LogP contribution in [0.15, 0.2) is 0 Å². The van der Waals surface area contributed by atoms with Crippen LogP contribution in [0, 0.1) is 0 Å². The van der Waals surface area contributed by atoms with Gasteiger partial charge in [0.2, 0.25) is 0 Å². The first-order valence-electron chi connectivity index (χ1n) is 34.3. The van der Waals surface area contributed by atoms with Crippen LogP contribution < -0.4 is 0 Å². The predicted molar refractivity (Wildman–Crippen MR) is 522 cm³/mol. The van der Waals surface area contributed by atoms with E-state index in [0.29, 0.717) is 23.4 Å². The summed E-state index contributed by atoms with van der Waals surface area (Å²) in [5, 5.41) is 0. The van der Waals surface area contributed by atoms with Gasteiger partial charge in [-0.25, -0.2) is 0 Å². The van der Waals surface area contributed by atoms with Crippen LogP contribution in [-0.2, 0) is 133 Å². The summed E-state index contributed by atoms with van der Waals surface area (Å²) in [7, 11) is -29.1. The van der Waals surface area contributed by atoms with Crippen LogP contribution in [0.4, 0.5) is 0 Å². The Morgan fingerprint density at radius 2 is 0.281 bits per heavy atom. The van der Waals surface area contributed by atoms with Crippen LogP contribution in [0.3, 0.4) is 0 Å². The van der Waals surface area contributed by atoms with E-state index in [9.17, 15) is 8.92 Å². The fraction of sp³-hybridized carbons (Fsp3) is 1.00. The van der Waals surface area contributed by atoms with Gasteiger partial charge >= 0.3 is 106 Å². The standard InChI is InChI=1S/2C14H40O8Si6.3C8H24O5Si3.10CH4/c2*1-13-23(15)14-27(19-24(5,6)7,20-25(8,9)10)21-26(11,12)22-28(16-2,17-3)18-4;3*1-9-16(10-2,11-3)13-15(7,8)12-14(4,5)6;;;;;;;;;;/h2*13-14H2,1-12H3;3*1-8H3;10*1H4. The van der Waals surface area contributed by atoms with Crippen molar-refractivity contribution in [2.45, 2.75) is 314 Å². The SMILES string of the molecule is C.C.C.C.C.C.C.C.C.C.CC[Si](=O)C[Si](O[Si](C)(C)C)(O[Si](C)(C)C)O[Si](C)(C)O[Si](OC)(OC)OC.CC[Si](=O)C[Si](O[Si](C)(C)C)(O[Si](C)(C)C)O[Si](C)(C)O[Si](OC)(OC)OC.CO[Si](OC)(OC)O[Si](C)(C)O[Si](C)(C)C.CO[Si](OC)(OC)O[Si](C)(C)O[Si](C)(C)C.CO[Si](OC)(OC)O[Si](C)(C)O[Si](C)(C)C. The van der Waals surface area contributed by atoms with Gasteiger partial charge in [0.1, 0.15) is 0 Å². The molecule has 0 radical (unpaired) electrons. The number of rotatable bonds is 49. The Balaban J connectivity index is -0.0000000828. The molecule has 0 aromatic carbocycles. The molecule has 0 aliphatic rings. The van der Waals surface area contributed by atoms with Crippen LogP contribution >= 0.6 is 0 Å². The summed E-state index contributed by atoms with van der Waals surface area (Å²) in [6.45, 7) is 67.4. The Bertz CT molecular complexity index is 2090. The predicted octanol–water partition coefficient (Wildman–Crippen LogP) is 19.6. The summed E-state index contributed by atoms with van der Waals surface area (Å²) in [6, 6.07) is 1.17. The maximum Gasteiger partial charge on any atom is 0.669 e. The summed E-state index contributed by atoms with van der Waals surface area (Å²) in [5.74, 6) is 0. The van der Waals surface area contributed by atoms with Crippen molar-refractivity contribution in [3.63, 3.8) is 0 Å². The molecule has 0 bridgehead atoms. The zero-order chi connectivity index (χ0) is 84.0. The topological polar surface area (TPSA) is 302 Å². The van der Waals surface area contributed by atoms with Gasteiger partial charge in [-0.1, -0.05) is 88.1 Å². The lowest BCUT2D eigenvalue weighted by atomic mass is 11.0. The van der Waals surface area contributed by atoms with Gasteiger partial charge in [0.05, 0.1) is 11.3 Å². The van der Waals surface area contributed by atoms with Crippen LogP contribution in [0.1, 0.15) is 88.1 Å². The third-order valence-corrected chi connectivity index (χ3v) is 76.5. The molecule has 0 spiro atoms. The van der Waals surface area contributed by atoms with Crippen LogP contribution in [-0.4, -0.2) is 288 Å². The first kappa shape index (κ1) is 151. The van der Waals surface area contributed by atoms with Crippen molar-refractivity contribution < 1.29 is 133 Å². The average molecular weight is 2020 g/mol. The Kier molecular flexibility index (Phi) is 83.7. The Labute approximate surface area is 729 Å². The number of hydrogen-bond acceptors (Lipinski definition) is 31.